The highest BCUT2D eigenvalue weighted by molar-refractivity contribution is 5.92. The van der Waals surface area contributed by atoms with Crippen LogP contribution in [0.2, 0.25) is 0 Å². The summed E-state index contributed by atoms with van der Waals surface area (Å²) >= 11 is 0. The third-order valence-electron chi connectivity index (χ3n) is 1.65. The van der Waals surface area contributed by atoms with Crippen LogP contribution in [0, 0.1) is 10.1 Å². The second kappa shape index (κ2) is 3.82. The molecule has 1 aromatic carbocycles. The molecule has 1 rings (SSSR count). The van der Waals surface area contributed by atoms with Gasteiger partial charge in [-0.3, -0.25) is 14.9 Å². The maximum Gasteiger partial charge on any atom is 0.273 e. The number of anilines is 2. The zero-order valence-corrected chi connectivity index (χ0v) is 7.85. The van der Waals surface area contributed by atoms with Gasteiger partial charge in [-0.2, -0.15) is 0 Å². The third kappa shape index (κ3) is 2.33. The van der Waals surface area contributed by atoms with Crippen LogP contribution in [0.5, 0.6) is 5.75 Å². The number of nitrogens with one attached hydrogen (secondary N) is 1. The number of phenolic OH excluding ortho intramolecular Hbond substituents is 1. The molecule has 7 heteroatoms. The number of carbonyl (C=O) groups is 1. The molecule has 0 aliphatic carbocycles. The summed E-state index contributed by atoms with van der Waals surface area (Å²) in [6.45, 7) is 1.22. The van der Waals surface area contributed by atoms with Gasteiger partial charge in [-0.15, -0.1) is 0 Å². The van der Waals surface area contributed by atoms with Gasteiger partial charge in [0.25, 0.3) is 5.69 Å². The molecular weight excluding hydrogens is 202 g/mol. The number of hydrogen-bond acceptors (Lipinski definition) is 5. The Balaban J connectivity index is 3.24. The molecule has 0 heterocycles. The number of amides is 1. The van der Waals surface area contributed by atoms with Crippen LogP contribution in [-0.4, -0.2) is 15.9 Å². The fourth-order valence-electron chi connectivity index (χ4n) is 1.03. The molecular formula is C8H9N3O4. The van der Waals surface area contributed by atoms with Gasteiger partial charge in [0, 0.05) is 19.1 Å². The van der Waals surface area contributed by atoms with Crippen LogP contribution in [0.3, 0.4) is 0 Å². The number of nitrogen functional groups attached to an aromatic ring is 1. The van der Waals surface area contributed by atoms with Gasteiger partial charge in [0.1, 0.15) is 0 Å². The van der Waals surface area contributed by atoms with E-state index in [0.717, 1.165) is 12.1 Å². The predicted molar refractivity (Wildman–Crippen MR) is 53.5 cm³/mol. The molecule has 0 bridgehead atoms. The molecule has 0 aliphatic heterocycles. The lowest BCUT2D eigenvalue weighted by atomic mass is 10.2. The Morgan fingerprint density at radius 3 is 2.67 bits per heavy atom. The first-order chi connectivity index (χ1) is 6.91. The van der Waals surface area contributed by atoms with Gasteiger partial charge in [-0.25, -0.2) is 0 Å². The van der Waals surface area contributed by atoms with Crippen molar-refractivity contribution in [3.05, 3.63) is 22.2 Å². The van der Waals surface area contributed by atoms with Crippen LogP contribution in [0.4, 0.5) is 17.1 Å². The maximum atomic E-state index is 10.7. The molecule has 0 aromatic heterocycles. The highest BCUT2D eigenvalue weighted by Crippen LogP contribution is 2.34. The number of benzene rings is 1. The Labute approximate surface area is 84.7 Å². The summed E-state index contributed by atoms with van der Waals surface area (Å²) in [7, 11) is 0. The van der Waals surface area contributed by atoms with Crippen molar-refractivity contribution in [1.29, 1.82) is 0 Å². The summed E-state index contributed by atoms with van der Waals surface area (Å²) in [5, 5.41) is 22.1. The number of nitro benzene ring substituents is 1. The van der Waals surface area contributed by atoms with Crippen LogP contribution >= 0.6 is 0 Å². The van der Waals surface area contributed by atoms with Gasteiger partial charge in [0.2, 0.25) is 5.91 Å². The lowest BCUT2D eigenvalue weighted by Crippen LogP contribution is -2.07. The van der Waals surface area contributed by atoms with Crippen LogP contribution in [-0.2, 0) is 4.79 Å². The Morgan fingerprint density at radius 2 is 2.20 bits per heavy atom. The van der Waals surface area contributed by atoms with Crippen molar-refractivity contribution >= 4 is 23.0 Å². The molecule has 0 fully saturated rings. The van der Waals surface area contributed by atoms with Crippen molar-refractivity contribution in [2.45, 2.75) is 6.92 Å². The van der Waals surface area contributed by atoms with Crippen molar-refractivity contribution in [2.75, 3.05) is 11.1 Å². The molecule has 0 unspecified atom stereocenters. The zero-order valence-electron chi connectivity index (χ0n) is 7.85. The third-order valence-corrected chi connectivity index (χ3v) is 1.65. The monoisotopic (exact) mass is 211 g/mol. The van der Waals surface area contributed by atoms with E-state index < -0.39 is 10.8 Å². The molecule has 0 saturated carbocycles. The number of nitrogens with two attached hydrogens (primary N) is 1. The summed E-state index contributed by atoms with van der Waals surface area (Å²) in [6.07, 6.45) is 0. The first-order valence-corrected chi connectivity index (χ1v) is 3.96. The fourth-order valence-corrected chi connectivity index (χ4v) is 1.03. The van der Waals surface area contributed by atoms with Gasteiger partial charge in [0.15, 0.2) is 5.75 Å². The van der Waals surface area contributed by atoms with Crippen molar-refractivity contribution in [2.24, 2.45) is 0 Å². The normalized spacial score (nSPS) is 9.67. The van der Waals surface area contributed by atoms with Crippen LogP contribution in [0.25, 0.3) is 0 Å². The van der Waals surface area contributed by atoms with E-state index in [1.165, 1.54) is 6.92 Å². The van der Waals surface area contributed by atoms with E-state index >= 15 is 0 Å². The lowest BCUT2D eigenvalue weighted by molar-refractivity contribution is -0.384. The predicted octanol–water partition coefficient (Wildman–Crippen LogP) is 0.841. The average molecular weight is 211 g/mol. The molecule has 0 aliphatic rings. The largest absolute Gasteiger partial charge is 0.504 e. The van der Waals surface area contributed by atoms with Crippen LogP contribution < -0.4 is 11.1 Å². The van der Waals surface area contributed by atoms with Gasteiger partial charge in [-0.05, 0) is 0 Å². The first kappa shape index (κ1) is 10.8. The average Bonchev–Trinajstić information content (AvgIpc) is 2.11. The summed E-state index contributed by atoms with van der Waals surface area (Å²) in [5.41, 5.74) is 4.80. The number of nitrogens with zero attached hydrogens (tertiary/aromatic N) is 1. The number of phenols is 1. The quantitative estimate of drug-likeness (QED) is 0.290. The number of carbonyl (C=O) groups excluding carboxylic acids is 1. The number of non-ortho nitro benzene ring substituents is 1. The molecule has 15 heavy (non-hydrogen) atoms. The van der Waals surface area contributed by atoms with E-state index in [9.17, 15) is 20.0 Å². The van der Waals surface area contributed by atoms with Gasteiger partial charge in [-0.1, -0.05) is 0 Å². The molecule has 7 nitrogen and oxygen atoms in total. The molecule has 1 aromatic rings. The lowest BCUT2D eigenvalue weighted by Gasteiger charge is -2.06. The topological polar surface area (TPSA) is 118 Å². The van der Waals surface area contributed by atoms with E-state index in [4.69, 9.17) is 5.73 Å². The molecule has 0 atom stereocenters. The molecule has 80 valence electrons. The van der Waals surface area contributed by atoms with Gasteiger partial charge in [0.05, 0.1) is 16.3 Å². The van der Waals surface area contributed by atoms with Crippen LogP contribution in [0.1, 0.15) is 6.92 Å². The minimum Gasteiger partial charge on any atom is -0.504 e. The zero-order chi connectivity index (χ0) is 11.6. The highest BCUT2D eigenvalue weighted by atomic mass is 16.6. The van der Waals surface area contributed by atoms with E-state index in [0.29, 0.717) is 0 Å². The van der Waals surface area contributed by atoms with Gasteiger partial charge < -0.3 is 16.2 Å². The SMILES string of the molecule is CC(=O)Nc1cc([N+](=O)[O-])cc(N)c1O. The molecule has 0 radical (unpaired) electrons. The van der Waals surface area contributed by atoms with E-state index in [2.05, 4.69) is 5.32 Å². The fraction of sp³-hybridized carbons (Fsp3) is 0.125. The summed E-state index contributed by atoms with van der Waals surface area (Å²) in [6, 6.07) is 2.05. The number of aromatic hydroxyl groups is 1. The molecule has 0 spiro atoms. The first-order valence-electron chi connectivity index (χ1n) is 3.96. The van der Waals surface area contributed by atoms with Crippen molar-refractivity contribution in [3.63, 3.8) is 0 Å². The summed E-state index contributed by atoms with van der Waals surface area (Å²) in [5.74, 6) is -0.832. The number of nitro groups is 1. The Bertz CT molecular complexity index is 430. The molecule has 1 amide bonds. The number of rotatable bonds is 2. The second-order valence-electron chi connectivity index (χ2n) is 2.87. The second-order valence-corrected chi connectivity index (χ2v) is 2.87. The minimum atomic E-state index is -0.666. The summed E-state index contributed by atoms with van der Waals surface area (Å²) in [4.78, 5) is 20.5. The Morgan fingerprint density at radius 1 is 1.60 bits per heavy atom. The van der Waals surface area contributed by atoms with Crippen molar-refractivity contribution < 1.29 is 14.8 Å². The van der Waals surface area contributed by atoms with E-state index in [1.807, 2.05) is 0 Å². The van der Waals surface area contributed by atoms with E-state index in [1.54, 1.807) is 0 Å². The summed E-state index contributed by atoms with van der Waals surface area (Å²) < 4.78 is 0. The standard InChI is InChI=1S/C8H9N3O4/c1-4(12)10-7-3-5(11(14)15)2-6(9)8(7)13/h2-3,13H,9H2,1H3,(H,10,12). The van der Waals surface area contributed by atoms with Crippen LogP contribution in [0.15, 0.2) is 12.1 Å². The molecule has 0 saturated heterocycles. The molecule has 4 N–H and O–H groups in total. The Hall–Kier alpha value is -2.31. The smallest absolute Gasteiger partial charge is 0.273 e. The van der Waals surface area contributed by atoms with Crippen molar-refractivity contribution in [1.82, 2.24) is 0 Å². The van der Waals surface area contributed by atoms with Gasteiger partial charge >= 0.3 is 0 Å². The van der Waals surface area contributed by atoms with Crippen molar-refractivity contribution in [3.8, 4) is 5.75 Å². The van der Waals surface area contributed by atoms with E-state index in [-0.39, 0.29) is 22.8 Å². The maximum absolute atomic E-state index is 10.7. The number of hydrogen-bond donors (Lipinski definition) is 3. The Kier molecular flexibility index (Phi) is 2.75. The minimum absolute atomic E-state index is 0.0748. The highest BCUT2D eigenvalue weighted by Gasteiger charge is 2.14.